The number of fused-ring (bicyclic) bond motifs is 3. The second kappa shape index (κ2) is 8.68. The average molecular weight is 438 g/mol. The number of benzene rings is 5. The van der Waals surface area contributed by atoms with Gasteiger partial charge < -0.3 is 4.90 Å². The Morgan fingerprint density at radius 1 is 0.529 bits per heavy atom. The molecule has 1 nitrogen and oxygen atoms in total. The zero-order chi connectivity index (χ0) is 22.9. The van der Waals surface area contributed by atoms with Gasteiger partial charge in [-0.15, -0.1) is 0 Å². The smallest absolute Gasteiger partial charge is 0.0462 e. The minimum atomic E-state index is 1.04. The molecule has 0 amide bonds. The van der Waals surface area contributed by atoms with Gasteiger partial charge in [-0.25, -0.2) is 0 Å². The molecule has 0 bridgehead atoms. The van der Waals surface area contributed by atoms with Crippen LogP contribution >= 0.6 is 0 Å². The first-order chi connectivity index (χ1) is 16.8. The molecule has 0 N–H and O–H groups in total. The Hall–Kier alpha value is -4.10. The Bertz CT molecular complexity index is 1430. The number of hydrogen-bond acceptors (Lipinski definition) is 1. The summed E-state index contributed by atoms with van der Waals surface area (Å²) in [6, 6.07) is 44.1. The van der Waals surface area contributed by atoms with Gasteiger partial charge >= 0.3 is 0 Å². The second-order valence-corrected chi connectivity index (χ2v) is 8.94. The Balaban J connectivity index is 1.37. The van der Waals surface area contributed by atoms with E-state index in [1.807, 2.05) is 0 Å². The van der Waals surface area contributed by atoms with Gasteiger partial charge in [-0.3, -0.25) is 0 Å². The Morgan fingerprint density at radius 3 is 1.85 bits per heavy atom. The maximum Gasteiger partial charge on any atom is 0.0462 e. The normalized spacial score (nSPS) is 11.7. The van der Waals surface area contributed by atoms with Gasteiger partial charge in [0.25, 0.3) is 0 Å². The van der Waals surface area contributed by atoms with E-state index in [1.54, 1.807) is 0 Å². The zero-order valence-corrected chi connectivity index (χ0v) is 19.4. The van der Waals surface area contributed by atoms with Crippen LogP contribution in [-0.4, -0.2) is 0 Å². The summed E-state index contributed by atoms with van der Waals surface area (Å²) in [4.78, 5) is 2.32. The van der Waals surface area contributed by atoms with Crippen molar-refractivity contribution in [1.82, 2.24) is 0 Å². The maximum absolute atomic E-state index is 2.36. The summed E-state index contributed by atoms with van der Waals surface area (Å²) in [7, 11) is 0. The van der Waals surface area contributed by atoms with Crippen molar-refractivity contribution in [3.05, 3.63) is 138 Å². The first-order valence-electron chi connectivity index (χ1n) is 12.1. The van der Waals surface area contributed by atoms with Gasteiger partial charge in [-0.05, 0) is 94.3 Å². The maximum atomic E-state index is 2.36. The SMILES string of the molecule is CCc1ccc(N(c2ccccc2)c2ccc(-c3ccc4c(c3)-c3ccccc3C4)cc2)cc1. The van der Waals surface area contributed by atoms with E-state index in [0.717, 1.165) is 24.2 Å². The molecule has 0 aromatic heterocycles. The van der Waals surface area contributed by atoms with Crippen LogP contribution in [-0.2, 0) is 12.8 Å². The molecule has 164 valence electrons. The largest absolute Gasteiger partial charge is 0.311 e. The van der Waals surface area contributed by atoms with Crippen molar-refractivity contribution in [3.63, 3.8) is 0 Å². The topological polar surface area (TPSA) is 3.24 Å². The minimum absolute atomic E-state index is 1.04. The van der Waals surface area contributed by atoms with E-state index in [4.69, 9.17) is 0 Å². The summed E-state index contributed by atoms with van der Waals surface area (Å²) >= 11 is 0. The summed E-state index contributed by atoms with van der Waals surface area (Å²) in [5, 5.41) is 0. The molecule has 0 radical (unpaired) electrons. The van der Waals surface area contributed by atoms with Gasteiger partial charge in [0.05, 0.1) is 0 Å². The number of nitrogens with zero attached hydrogens (tertiary/aromatic N) is 1. The number of anilines is 3. The fraction of sp³-hybridized carbons (Fsp3) is 0.0909. The molecular weight excluding hydrogens is 410 g/mol. The molecule has 0 aliphatic heterocycles. The molecule has 0 heterocycles. The van der Waals surface area contributed by atoms with Gasteiger partial charge in [0, 0.05) is 17.1 Å². The van der Waals surface area contributed by atoms with Crippen molar-refractivity contribution >= 4 is 17.1 Å². The highest BCUT2D eigenvalue weighted by molar-refractivity contribution is 5.83. The molecule has 34 heavy (non-hydrogen) atoms. The summed E-state index contributed by atoms with van der Waals surface area (Å²) in [5.41, 5.74) is 13.0. The van der Waals surface area contributed by atoms with Gasteiger partial charge in [0.15, 0.2) is 0 Å². The molecule has 0 spiro atoms. The third-order valence-electron chi connectivity index (χ3n) is 6.87. The predicted molar refractivity (Wildman–Crippen MR) is 144 cm³/mol. The lowest BCUT2D eigenvalue weighted by molar-refractivity contribution is 1.14. The van der Waals surface area contributed by atoms with Gasteiger partial charge in [0.2, 0.25) is 0 Å². The first kappa shape index (κ1) is 20.5. The number of aryl methyl sites for hydroxylation is 1. The molecule has 0 saturated carbocycles. The summed E-state index contributed by atoms with van der Waals surface area (Å²) in [6.07, 6.45) is 2.08. The molecular formula is C33H27N. The number of rotatable bonds is 5. The van der Waals surface area contributed by atoms with Crippen LogP contribution in [0.5, 0.6) is 0 Å². The van der Waals surface area contributed by atoms with Gasteiger partial charge in [-0.1, -0.05) is 85.8 Å². The van der Waals surface area contributed by atoms with Crippen LogP contribution < -0.4 is 4.90 Å². The quantitative estimate of drug-likeness (QED) is 0.260. The van der Waals surface area contributed by atoms with Crippen molar-refractivity contribution in [2.45, 2.75) is 19.8 Å². The highest BCUT2D eigenvalue weighted by atomic mass is 15.1. The van der Waals surface area contributed by atoms with Crippen LogP contribution in [0, 0.1) is 0 Å². The number of para-hydroxylation sites is 1. The van der Waals surface area contributed by atoms with E-state index in [1.165, 1.54) is 44.6 Å². The third kappa shape index (κ3) is 3.70. The highest BCUT2D eigenvalue weighted by Gasteiger charge is 2.18. The van der Waals surface area contributed by atoms with Crippen molar-refractivity contribution < 1.29 is 0 Å². The monoisotopic (exact) mass is 437 g/mol. The van der Waals surface area contributed by atoms with Crippen LogP contribution in [0.25, 0.3) is 22.3 Å². The molecule has 5 aromatic carbocycles. The van der Waals surface area contributed by atoms with Crippen LogP contribution in [0.1, 0.15) is 23.6 Å². The molecule has 0 saturated heterocycles. The Kier molecular flexibility index (Phi) is 5.24. The minimum Gasteiger partial charge on any atom is -0.311 e. The molecule has 0 unspecified atom stereocenters. The zero-order valence-electron chi connectivity index (χ0n) is 19.4. The van der Waals surface area contributed by atoms with Gasteiger partial charge in [-0.2, -0.15) is 0 Å². The molecule has 1 aliphatic rings. The molecule has 1 aliphatic carbocycles. The molecule has 0 fully saturated rings. The summed E-state index contributed by atoms with van der Waals surface area (Å²) in [6.45, 7) is 2.19. The highest BCUT2D eigenvalue weighted by Crippen LogP contribution is 2.40. The average Bonchev–Trinajstić information content (AvgIpc) is 3.28. The lowest BCUT2D eigenvalue weighted by Crippen LogP contribution is -2.09. The van der Waals surface area contributed by atoms with Crippen LogP contribution in [0.3, 0.4) is 0 Å². The first-order valence-corrected chi connectivity index (χ1v) is 12.1. The van der Waals surface area contributed by atoms with Crippen LogP contribution in [0.15, 0.2) is 121 Å². The van der Waals surface area contributed by atoms with Crippen molar-refractivity contribution in [2.24, 2.45) is 0 Å². The molecule has 1 heteroatoms. The summed E-state index contributed by atoms with van der Waals surface area (Å²) in [5.74, 6) is 0. The van der Waals surface area contributed by atoms with E-state index in [9.17, 15) is 0 Å². The lowest BCUT2D eigenvalue weighted by Gasteiger charge is -2.26. The van der Waals surface area contributed by atoms with E-state index in [-0.39, 0.29) is 0 Å². The molecule has 6 rings (SSSR count). The third-order valence-corrected chi connectivity index (χ3v) is 6.87. The van der Waals surface area contributed by atoms with E-state index >= 15 is 0 Å². The van der Waals surface area contributed by atoms with Crippen molar-refractivity contribution in [1.29, 1.82) is 0 Å². The Morgan fingerprint density at radius 2 is 1.12 bits per heavy atom. The Labute approximate surface area is 202 Å². The van der Waals surface area contributed by atoms with E-state index in [0.29, 0.717) is 0 Å². The lowest BCUT2D eigenvalue weighted by atomic mass is 9.98. The van der Waals surface area contributed by atoms with Gasteiger partial charge in [0.1, 0.15) is 0 Å². The number of hydrogen-bond donors (Lipinski definition) is 0. The van der Waals surface area contributed by atoms with E-state index in [2.05, 4.69) is 133 Å². The molecule has 5 aromatic rings. The van der Waals surface area contributed by atoms with Crippen LogP contribution in [0.4, 0.5) is 17.1 Å². The fourth-order valence-corrected chi connectivity index (χ4v) is 5.01. The fourth-order valence-electron chi connectivity index (χ4n) is 5.01. The van der Waals surface area contributed by atoms with E-state index < -0.39 is 0 Å². The standard InChI is InChI=1S/C33H27N/c1-2-24-12-18-30(19-13-24)34(29-9-4-3-5-10-29)31-20-16-25(17-21-31)26-14-15-28-22-27-8-6-7-11-32(27)33(28)23-26/h3-21,23H,2,22H2,1H3. The predicted octanol–water partition coefficient (Wildman–Crippen LogP) is 8.96. The van der Waals surface area contributed by atoms with Crippen molar-refractivity contribution in [3.8, 4) is 22.3 Å². The molecule has 0 atom stereocenters. The van der Waals surface area contributed by atoms with Crippen molar-refractivity contribution in [2.75, 3.05) is 4.90 Å². The second-order valence-electron chi connectivity index (χ2n) is 8.94. The summed E-state index contributed by atoms with van der Waals surface area (Å²) < 4.78 is 0. The van der Waals surface area contributed by atoms with Crippen LogP contribution in [0.2, 0.25) is 0 Å².